The molecule has 8 nitrogen and oxygen atoms in total. The normalized spacial score (nSPS) is 12.9. The summed E-state index contributed by atoms with van der Waals surface area (Å²) in [6.45, 7) is 1.92. The Morgan fingerprint density at radius 1 is 1.15 bits per heavy atom. The van der Waals surface area contributed by atoms with Gasteiger partial charge in [-0.15, -0.1) is 24.0 Å². The largest absolute Gasteiger partial charge is 0.492 e. The van der Waals surface area contributed by atoms with Gasteiger partial charge in [-0.3, -0.25) is 9.79 Å². The van der Waals surface area contributed by atoms with Crippen LogP contribution in [0.3, 0.4) is 0 Å². The molecule has 0 saturated heterocycles. The average Bonchev–Trinajstić information content (AvgIpc) is 3.36. The van der Waals surface area contributed by atoms with E-state index in [2.05, 4.69) is 50.3 Å². The molecule has 33 heavy (non-hydrogen) atoms. The summed E-state index contributed by atoms with van der Waals surface area (Å²) in [6, 6.07) is 16.1. The molecule has 0 aliphatic carbocycles. The zero-order chi connectivity index (χ0) is 22.2. The van der Waals surface area contributed by atoms with E-state index in [1.165, 1.54) is 5.56 Å². The van der Waals surface area contributed by atoms with Crippen LogP contribution >= 0.6 is 24.0 Å². The van der Waals surface area contributed by atoms with Crippen molar-refractivity contribution in [3.05, 3.63) is 72.1 Å². The van der Waals surface area contributed by atoms with Crippen molar-refractivity contribution in [1.82, 2.24) is 20.4 Å². The van der Waals surface area contributed by atoms with Gasteiger partial charge >= 0.3 is 0 Å². The van der Waals surface area contributed by atoms with Crippen LogP contribution < -0.4 is 20.7 Å². The summed E-state index contributed by atoms with van der Waals surface area (Å²) in [7, 11) is 1.76. The molecule has 174 valence electrons. The van der Waals surface area contributed by atoms with Crippen LogP contribution in [0.4, 0.5) is 5.69 Å². The predicted molar refractivity (Wildman–Crippen MR) is 141 cm³/mol. The van der Waals surface area contributed by atoms with Gasteiger partial charge in [0, 0.05) is 38.1 Å². The summed E-state index contributed by atoms with van der Waals surface area (Å²) < 4.78 is 7.69. The SMILES string of the molecule is CN=C(NCCOc1ccc2c(c1)CCC(=O)N2)NCCc1ccc(-n2cccn2)cc1.I. The first-order valence-corrected chi connectivity index (χ1v) is 10.8. The van der Waals surface area contributed by atoms with E-state index < -0.39 is 0 Å². The minimum atomic E-state index is 0. The number of aromatic nitrogens is 2. The molecule has 2 heterocycles. The molecule has 0 saturated carbocycles. The first-order valence-electron chi connectivity index (χ1n) is 10.8. The standard InChI is InChI=1S/C24H28N6O2.HI/c1-25-24(26-13-11-18-3-6-20(7-4-18)30-15-2-12-28-30)27-14-16-32-21-8-9-22-19(17-21)5-10-23(31)29-22;/h2-4,6-9,12,15,17H,5,10-11,13-14,16H2,1H3,(H,29,31)(H2,25,26,27);1H. The van der Waals surface area contributed by atoms with E-state index in [0.29, 0.717) is 19.6 Å². The Morgan fingerprint density at radius 2 is 1.97 bits per heavy atom. The number of hydrogen-bond acceptors (Lipinski definition) is 4. The van der Waals surface area contributed by atoms with E-state index in [4.69, 9.17) is 4.74 Å². The second-order valence-corrected chi connectivity index (χ2v) is 7.51. The molecule has 9 heteroatoms. The highest BCUT2D eigenvalue weighted by Crippen LogP contribution is 2.26. The van der Waals surface area contributed by atoms with Gasteiger partial charge in [0.05, 0.1) is 12.2 Å². The second-order valence-electron chi connectivity index (χ2n) is 7.51. The number of anilines is 1. The number of rotatable bonds is 8. The number of carbonyl (C=O) groups is 1. The Kier molecular flexibility index (Phi) is 9.11. The van der Waals surface area contributed by atoms with Gasteiger partial charge in [-0.1, -0.05) is 12.1 Å². The summed E-state index contributed by atoms with van der Waals surface area (Å²) in [5.74, 6) is 1.62. The zero-order valence-electron chi connectivity index (χ0n) is 18.6. The maximum absolute atomic E-state index is 11.5. The highest BCUT2D eigenvalue weighted by Gasteiger charge is 2.14. The molecule has 3 N–H and O–H groups in total. The van der Waals surface area contributed by atoms with Crippen LogP contribution in [0.2, 0.25) is 0 Å². The lowest BCUT2D eigenvalue weighted by Gasteiger charge is -2.18. The first-order chi connectivity index (χ1) is 15.7. The molecule has 0 spiro atoms. The molecule has 1 aliphatic heterocycles. The summed E-state index contributed by atoms with van der Waals surface area (Å²) in [5.41, 5.74) is 4.29. The number of aryl methyl sites for hydroxylation is 1. The monoisotopic (exact) mass is 560 g/mol. The van der Waals surface area contributed by atoms with Crippen molar-refractivity contribution in [3.8, 4) is 11.4 Å². The van der Waals surface area contributed by atoms with Gasteiger partial charge in [0.15, 0.2) is 5.96 Å². The lowest BCUT2D eigenvalue weighted by atomic mass is 10.0. The summed E-state index contributed by atoms with van der Waals surface area (Å²) in [5, 5.41) is 13.7. The maximum Gasteiger partial charge on any atom is 0.224 e. The van der Waals surface area contributed by atoms with E-state index in [1.807, 2.05) is 35.1 Å². The fraction of sp³-hybridized carbons (Fsp3) is 0.292. The lowest BCUT2D eigenvalue weighted by Crippen LogP contribution is -2.40. The van der Waals surface area contributed by atoms with Gasteiger partial charge in [0.1, 0.15) is 12.4 Å². The Labute approximate surface area is 210 Å². The van der Waals surface area contributed by atoms with Crippen molar-refractivity contribution in [2.24, 2.45) is 4.99 Å². The van der Waals surface area contributed by atoms with Crippen LogP contribution in [-0.4, -0.2) is 48.4 Å². The lowest BCUT2D eigenvalue weighted by molar-refractivity contribution is -0.116. The number of ether oxygens (including phenoxy) is 1. The van der Waals surface area contributed by atoms with E-state index in [-0.39, 0.29) is 29.9 Å². The Morgan fingerprint density at radius 3 is 2.73 bits per heavy atom. The molecule has 4 rings (SSSR count). The molecule has 1 aromatic heterocycles. The van der Waals surface area contributed by atoms with Crippen molar-refractivity contribution in [3.63, 3.8) is 0 Å². The van der Waals surface area contributed by atoms with Gasteiger partial charge in [-0.2, -0.15) is 5.10 Å². The number of halogens is 1. The zero-order valence-corrected chi connectivity index (χ0v) is 20.9. The first kappa shape index (κ1) is 24.6. The number of nitrogens with zero attached hydrogens (tertiary/aromatic N) is 3. The molecule has 1 amide bonds. The van der Waals surface area contributed by atoms with Crippen LogP contribution in [0.25, 0.3) is 5.69 Å². The molecule has 3 aromatic rings. The van der Waals surface area contributed by atoms with Gasteiger partial charge in [0.25, 0.3) is 0 Å². The summed E-state index contributed by atoms with van der Waals surface area (Å²) in [4.78, 5) is 15.7. The summed E-state index contributed by atoms with van der Waals surface area (Å²) >= 11 is 0. The van der Waals surface area contributed by atoms with Crippen LogP contribution in [-0.2, 0) is 17.6 Å². The van der Waals surface area contributed by atoms with Crippen LogP contribution in [0.15, 0.2) is 65.9 Å². The summed E-state index contributed by atoms with van der Waals surface area (Å²) in [6.07, 6.45) is 5.87. The molecule has 2 aromatic carbocycles. The van der Waals surface area contributed by atoms with E-state index in [0.717, 1.165) is 48.0 Å². The number of benzene rings is 2. The molecular formula is C24H29IN6O2. The number of guanidine groups is 1. The molecule has 0 fully saturated rings. The van der Waals surface area contributed by atoms with Crippen LogP contribution in [0.1, 0.15) is 17.5 Å². The van der Waals surface area contributed by atoms with Gasteiger partial charge in [-0.05, 0) is 60.4 Å². The molecule has 0 bridgehead atoms. The predicted octanol–water partition coefficient (Wildman–Crippen LogP) is 3.16. The minimum absolute atomic E-state index is 0. The van der Waals surface area contributed by atoms with Gasteiger partial charge in [0.2, 0.25) is 5.91 Å². The highest BCUT2D eigenvalue weighted by atomic mass is 127. The maximum atomic E-state index is 11.5. The third-order valence-electron chi connectivity index (χ3n) is 5.27. The number of aliphatic imine (C=N–C) groups is 1. The second kappa shape index (κ2) is 12.2. The number of fused-ring (bicyclic) bond motifs is 1. The smallest absolute Gasteiger partial charge is 0.224 e. The third-order valence-corrected chi connectivity index (χ3v) is 5.27. The fourth-order valence-electron chi connectivity index (χ4n) is 3.57. The quantitative estimate of drug-likeness (QED) is 0.171. The van der Waals surface area contributed by atoms with Gasteiger partial charge in [-0.25, -0.2) is 4.68 Å². The molecule has 1 aliphatic rings. The molecule has 0 unspecified atom stereocenters. The van der Waals surface area contributed by atoms with E-state index in [9.17, 15) is 4.79 Å². The number of amides is 1. The van der Waals surface area contributed by atoms with Crippen molar-refractivity contribution in [1.29, 1.82) is 0 Å². The van der Waals surface area contributed by atoms with Crippen molar-refractivity contribution >= 4 is 41.5 Å². The van der Waals surface area contributed by atoms with Crippen molar-refractivity contribution < 1.29 is 9.53 Å². The third kappa shape index (κ3) is 6.95. The molecular weight excluding hydrogens is 531 g/mol. The molecule has 0 atom stereocenters. The Balaban J connectivity index is 0.00000306. The Hall–Kier alpha value is -3.08. The van der Waals surface area contributed by atoms with Crippen molar-refractivity contribution in [2.45, 2.75) is 19.3 Å². The van der Waals surface area contributed by atoms with E-state index >= 15 is 0 Å². The van der Waals surface area contributed by atoms with Crippen LogP contribution in [0.5, 0.6) is 5.75 Å². The average molecular weight is 560 g/mol. The van der Waals surface area contributed by atoms with Crippen LogP contribution in [0, 0.1) is 0 Å². The van der Waals surface area contributed by atoms with Crippen molar-refractivity contribution in [2.75, 3.05) is 32.1 Å². The Bertz CT molecular complexity index is 1070. The van der Waals surface area contributed by atoms with E-state index in [1.54, 1.807) is 13.2 Å². The number of nitrogens with one attached hydrogen (secondary N) is 3. The molecule has 0 radical (unpaired) electrons. The fourth-order valence-corrected chi connectivity index (χ4v) is 3.57. The number of carbonyl (C=O) groups excluding carboxylic acids is 1. The van der Waals surface area contributed by atoms with Gasteiger partial charge < -0.3 is 20.7 Å². The topological polar surface area (TPSA) is 92.6 Å². The highest BCUT2D eigenvalue weighted by molar-refractivity contribution is 14.0. The number of hydrogen-bond donors (Lipinski definition) is 3. The minimum Gasteiger partial charge on any atom is -0.492 e.